The molecule has 0 unspecified atom stereocenters. The number of aromatic nitrogens is 2. The van der Waals surface area contributed by atoms with Gasteiger partial charge in [-0.3, -0.25) is 0 Å². The molecule has 0 radical (unpaired) electrons. The number of hydrogen-bond acceptors (Lipinski definition) is 4. The molecule has 0 bridgehead atoms. The van der Waals surface area contributed by atoms with Crippen LogP contribution < -0.4 is 10.2 Å². The number of halogens is 1. The molecule has 0 fully saturated rings. The second kappa shape index (κ2) is 8.12. The van der Waals surface area contributed by atoms with Gasteiger partial charge in [0.05, 0.1) is 5.69 Å². The van der Waals surface area contributed by atoms with Crippen molar-refractivity contribution >= 4 is 33.4 Å². The van der Waals surface area contributed by atoms with E-state index < -0.39 is 0 Å². The first-order valence-electron chi connectivity index (χ1n) is 8.41. The highest BCUT2D eigenvalue weighted by Crippen LogP contribution is 2.25. The van der Waals surface area contributed by atoms with Crippen LogP contribution in [-0.2, 0) is 0 Å². The van der Waals surface area contributed by atoms with E-state index in [1.54, 1.807) is 0 Å². The summed E-state index contributed by atoms with van der Waals surface area (Å²) in [6.45, 7) is 5.96. The molecule has 1 aromatic heterocycles. The molecular weight excluding hydrogens is 376 g/mol. The Hall–Kier alpha value is -2.40. The van der Waals surface area contributed by atoms with Crippen LogP contribution in [0.15, 0.2) is 65.1 Å². The molecule has 3 rings (SSSR count). The molecule has 0 aliphatic carbocycles. The monoisotopic (exact) mass is 396 g/mol. The average molecular weight is 397 g/mol. The standard InChI is InChI=1S/C20H21BrN4/c1-3-25(4-2)20-23-18(15-8-6-5-7-9-15)14-19(24-20)22-17-12-10-16(21)11-13-17/h5-14H,3-4H2,1-2H3,(H,22,23,24). The maximum atomic E-state index is 4.77. The number of rotatable bonds is 6. The highest BCUT2D eigenvalue weighted by Gasteiger charge is 2.11. The van der Waals surface area contributed by atoms with Crippen LogP contribution in [0.4, 0.5) is 17.5 Å². The van der Waals surface area contributed by atoms with Gasteiger partial charge in [0.2, 0.25) is 5.95 Å². The van der Waals surface area contributed by atoms with Crippen LogP contribution in [0, 0.1) is 0 Å². The van der Waals surface area contributed by atoms with E-state index in [1.165, 1.54) is 0 Å². The van der Waals surface area contributed by atoms with Gasteiger partial charge in [-0.15, -0.1) is 0 Å². The Labute approximate surface area is 157 Å². The van der Waals surface area contributed by atoms with Crippen molar-refractivity contribution in [3.8, 4) is 11.3 Å². The van der Waals surface area contributed by atoms with Gasteiger partial charge in [0, 0.05) is 34.9 Å². The van der Waals surface area contributed by atoms with E-state index in [-0.39, 0.29) is 0 Å². The van der Waals surface area contributed by atoms with Gasteiger partial charge in [0.1, 0.15) is 5.82 Å². The fraction of sp³-hybridized carbons (Fsp3) is 0.200. The molecule has 0 aliphatic heterocycles. The molecular formula is C20H21BrN4. The molecule has 128 valence electrons. The fourth-order valence-corrected chi connectivity index (χ4v) is 2.85. The molecule has 25 heavy (non-hydrogen) atoms. The van der Waals surface area contributed by atoms with Crippen molar-refractivity contribution in [1.29, 1.82) is 0 Å². The summed E-state index contributed by atoms with van der Waals surface area (Å²) < 4.78 is 1.05. The van der Waals surface area contributed by atoms with Crippen molar-refractivity contribution in [2.75, 3.05) is 23.3 Å². The van der Waals surface area contributed by atoms with Gasteiger partial charge in [0.15, 0.2) is 0 Å². The summed E-state index contributed by atoms with van der Waals surface area (Å²) in [5.74, 6) is 1.53. The van der Waals surface area contributed by atoms with E-state index in [0.717, 1.165) is 46.3 Å². The number of hydrogen-bond donors (Lipinski definition) is 1. The van der Waals surface area contributed by atoms with Crippen LogP contribution in [0.5, 0.6) is 0 Å². The summed E-state index contributed by atoms with van der Waals surface area (Å²) in [6, 6.07) is 20.2. The first kappa shape index (κ1) is 17.4. The molecule has 2 aromatic carbocycles. The van der Waals surface area contributed by atoms with Crippen LogP contribution in [0.25, 0.3) is 11.3 Å². The number of nitrogens with one attached hydrogen (secondary N) is 1. The van der Waals surface area contributed by atoms with Gasteiger partial charge in [-0.2, -0.15) is 4.98 Å². The summed E-state index contributed by atoms with van der Waals surface area (Å²) >= 11 is 3.46. The summed E-state index contributed by atoms with van der Waals surface area (Å²) in [5, 5.41) is 3.39. The Kier molecular flexibility index (Phi) is 5.66. The van der Waals surface area contributed by atoms with E-state index in [4.69, 9.17) is 9.97 Å². The van der Waals surface area contributed by atoms with Crippen LogP contribution in [0.2, 0.25) is 0 Å². The predicted molar refractivity (Wildman–Crippen MR) is 108 cm³/mol. The Morgan fingerprint density at radius 2 is 1.60 bits per heavy atom. The van der Waals surface area contributed by atoms with Crippen molar-refractivity contribution in [3.05, 3.63) is 65.1 Å². The lowest BCUT2D eigenvalue weighted by atomic mass is 10.1. The van der Waals surface area contributed by atoms with Gasteiger partial charge in [-0.05, 0) is 38.1 Å². The summed E-state index contributed by atoms with van der Waals surface area (Å²) in [4.78, 5) is 11.6. The SMILES string of the molecule is CCN(CC)c1nc(Nc2ccc(Br)cc2)cc(-c2ccccc2)n1. The molecule has 1 heterocycles. The van der Waals surface area contributed by atoms with Crippen molar-refractivity contribution < 1.29 is 0 Å². The normalized spacial score (nSPS) is 10.5. The van der Waals surface area contributed by atoms with E-state index in [1.807, 2.05) is 48.5 Å². The minimum Gasteiger partial charge on any atom is -0.341 e. The highest BCUT2D eigenvalue weighted by atomic mass is 79.9. The quantitative estimate of drug-likeness (QED) is 0.597. The Bertz CT molecular complexity index is 815. The maximum absolute atomic E-state index is 4.77. The first-order chi connectivity index (χ1) is 12.2. The number of anilines is 3. The zero-order valence-electron chi connectivity index (χ0n) is 14.4. The summed E-state index contributed by atoms with van der Waals surface area (Å²) in [7, 11) is 0. The van der Waals surface area contributed by atoms with Gasteiger partial charge in [-0.1, -0.05) is 46.3 Å². The molecule has 0 amide bonds. The van der Waals surface area contributed by atoms with Crippen molar-refractivity contribution in [2.24, 2.45) is 0 Å². The molecule has 0 spiro atoms. The topological polar surface area (TPSA) is 41.1 Å². The largest absolute Gasteiger partial charge is 0.341 e. The summed E-state index contributed by atoms with van der Waals surface area (Å²) in [6.07, 6.45) is 0. The molecule has 1 N–H and O–H groups in total. The minimum absolute atomic E-state index is 0.742. The van der Waals surface area contributed by atoms with Crippen molar-refractivity contribution in [1.82, 2.24) is 9.97 Å². The van der Waals surface area contributed by atoms with E-state index in [9.17, 15) is 0 Å². The summed E-state index contributed by atoms with van der Waals surface area (Å²) in [5.41, 5.74) is 2.99. The predicted octanol–water partition coefficient (Wildman–Crippen LogP) is 5.50. The Balaban J connectivity index is 2.01. The molecule has 0 saturated heterocycles. The van der Waals surface area contributed by atoms with E-state index in [2.05, 4.69) is 52.1 Å². The fourth-order valence-electron chi connectivity index (χ4n) is 2.58. The number of benzene rings is 2. The average Bonchev–Trinajstić information content (AvgIpc) is 2.65. The van der Waals surface area contributed by atoms with Crippen LogP contribution >= 0.6 is 15.9 Å². The molecule has 3 aromatic rings. The molecule has 5 heteroatoms. The third-order valence-electron chi connectivity index (χ3n) is 3.95. The lowest BCUT2D eigenvalue weighted by molar-refractivity contribution is 0.823. The van der Waals surface area contributed by atoms with E-state index in [0.29, 0.717) is 0 Å². The minimum atomic E-state index is 0.742. The smallest absolute Gasteiger partial charge is 0.227 e. The Morgan fingerprint density at radius 3 is 2.24 bits per heavy atom. The van der Waals surface area contributed by atoms with Gasteiger partial charge in [-0.25, -0.2) is 4.98 Å². The van der Waals surface area contributed by atoms with Crippen molar-refractivity contribution in [2.45, 2.75) is 13.8 Å². The lowest BCUT2D eigenvalue weighted by Gasteiger charge is -2.20. The highest BCUT2D eigenvalue weighted by molar-refractivity contribution is 9.10. The maximum Gasteiger partial charge on any atom is 0.227 e. The zero-order chi connectivity index (χ0) is 17.6. The first-order valence-corrected chi connectivity index (χ1v) is 9.21. The van der Waals surface area contributed by atoms with Crippen LogP contribution in [0.1, 0.15) is 13.8 Å². The third kappa shape index (κ3) is 4.37. The van der Waals surface area contributed by atoms with Gasteiger partial charge < -0.3 is 10.2 Å². The van der Waals surface area contributed by atoms with E-state index >= 15 is 0 Å². The van der Waals surface area contributed by atoms with Crippen molar-refractivity contribution in [3.63, 3.8) is 0 Å². The van der Waals surface area contributed by atoms with Gasteiger partial charge >= 0.3 is 0 Å². The molecule has 0 atom stereocenters. The van der Waals surface area contributed by atoms with Gasteiger partial charge in [0.25, 0.3) is 0 Å². The Morgan fingerprint density at radius 1 is 0.920 bits per heavy atom. The second-order valence-corrected chi connectivity index (χ2v) is 6.52. The van der Waals surface area contributed by atoms with Crippen LogP contribution in [-0.4, -0.2) is 23.1 Å². The third-order valence-corrected chi connectivity index (χ3v) is 4.48. The lowest BCUT2D eigenvalue weighted by Crippen LogP contribution is -2.24. The molecule has 0 aliphatic rings. The molecule has 0 saturated carbocycles. The van der Waals surface area contributed by atoms with Crippen LogP contribution in [0.3, 0.4) is 0 Å². The zero-order valence-corrected chi connectivity index (χ0v) is 16.0. The molecule has 4 nitrogen and oxygen atoms in total. The number of nitrogens with zero attached hydrogens (tertiary/aromatic N) is 3. The second-order valence-electron chi connectivity index (χ2n) is 5.61.